The van der Waals surface area contributed by atoms with Gasteiger partial charge in [-0.05, 0) is 19.3 Å². The Morgan fingerprint density at radius 3 is 1.35 bits per heavy atom. The molecule has 0 radical (unpaired) electrons. The summed E-state index contributed by atoms with van der Waals surface area (Å²) in [6.07, 6.45) is 12.9. The summed E-state index contributed by atoms with van der Waals surface area (Å²) in [7, 11) is 0. The minimum atomic E-state index is -0.374. The molecule has 0 rings (SSSR count). The molecule has 0 unspecified atom stereocenters. The van der Waals surface area contributed by atoms with Gasteiger partial charge in [-0.15, -0.1) is 0 Å². The van der Waals surface area contributed by atoms with Crippen LogP contribution in [0.4, 0.5) is 0 Å². The lowest BCUT2D eigenvalue weighted by Gasteiger charge is -2.03. The van der Waals surface area contributed by atoms with Gasteiger partial charge < -0.3 is 11.5 Å². The molecule has 4 N–H and O–H groups in total. The molecule has 0 saturated carbocycles. The number of unbranched alkanes of at least 4 members (excludes halogenated alkanes) is 9. The minimum absolute atomic E-state index is 0.191. The quantitative estimate of drug-likeness (QED) is 0.378. The van der Waals surface area contributed by atoms with Crippen LogP contribution in [0.5, 0.6) is 0 Å². The van der Waals surface area contributed by atoms with Gasteiger partial charge in [0.15, 0.2) is 0 Å². The van der Waals surface area contributed by atoms with E-state index in [9.17, 15) is 9.59 Å². The van der Waals surface area contributed by atoms with E-state index in [4.69, 9.17) is 11.5 Å². The van der Waals surface area contributed by atoms with Gasteiger partial charge in [-0.3, -0.25) is 9.59 Å². The summed E-state index contributed by atoms with van der Waals surface area (Å²) < 4.78 is 0. The molecule has 2 amide bonds. The number of amides is 2. The van der Waals surface area contributed by atoms with Crippen LogP contribution < -0.4 is 11.5 Å². The van der Waals surface area contributed by atoms with Crippen molar-refractivity contribution in [2.75, 3.05) is 0 Å². The molecule has 0 saturated heterocycles. The first-order valence-electron chi connectivity index (χ1n) is 7.80. The lowest BCUT2D eigenvalue weighted by Crippen LogP contribution is -2.12. The highest BCUT2D eigenvalue weighted by Crippen LogP contribution is 2.13. The van der Waals surface area contributed by atoms with E-state index < -0.39 is 0 Å². The van der Waals surface area contributed by atoms with Crippen molar-refractivity contribution >= 4 is 11.8 Å². The molecule has 0 aromatic rings. The number of rotatable bonds is 14. The van der Waals surface area contributed by atoms with Crippen LogP contribution >= 0.6 is 0 Å². The lowest BCUT2D eigenvalue weighted by atomic mass is 10.0. The molecule has 4 heteroatoms. The Kier molecular flexibility index (Phi) is 11.9. The van der Waals surface area contributed by atoms with E-state index in [1.807, 2.05) is 0 Å². The van der Waals surface area contributed by atoms with Crippen LogP contribution in [0.1, 0.15) is 77.0 Å². The molecule has 0 atom stereocenters. The molecule has 20 heavy (non-hydrogen) atoms. The Balaban J connectivity index is 3.12. The van der Waals surface area contributed by atoms with E-state index in [0.717, 1.165) is 32.1 Å². The molecule has 116 valence electrons. The summed E-state index contributed by atoms with van der Waals surface area (Å²) >= 11 is 0. The monoisotopic (exact) mass is 282 g/mol. The van der Waals surface area contributed by atoms with Crippen LogP contribution in [0.3, 0.4) is 0 Å². The zero-order valence-corrected chi connectivity index (χ0v) is 12.7. The van der Waals surface area contributed by atoms with E-state index in [1.165, 1.54) is 38.5 Å². The van der Waals surface area contributed by atoms with Gasteiger partial charge in [0.25, 0.3) is 0 Å². The third kappa shape index (κ3) is 13.1. The zero-order chi connectivity index (χ0) is 15.2. The highest BCUT2D eigenvalue weighted by Gasteiger charge is 2.00. The predicted molar refractivity (Wildman–Crippen MR) is 82.9 cm³/mol. The summed E-state index contributed by atoms with van der Waals surface area (Å²) in [5.74, 6) is -0.564. The van der Waals surface area contributed by atoms with Gasteiger partial charge in [-0.25, -0.2) is 0 Å². The number of primary amides is 2. The summed E-state index contributed by atoms with van der Waals surface area (Å²) in [4.78, 5) is 21.3. The maximum atomic E-state index is 10.7. The van der Waals surface area contributed by atoms with Crippen molar-refractivity contribution in [3.63, 3.8) is 0 Å². The molecule has 0 aliphatic carbocycles. The number of hydrogen-bond acceptors (Lipinski definition) is 2. The van der Waals surface area contributed by atoms with Crippen LogP contribution in [0.2, 0.25) is 0 Å². The van der Waals surface area contributed by atoms with Crippen LogP contribution in [0.25, 0.3) is 0 Å². The van der Waals surface area contributed by atoms with E-state index in [1.54, 1.807) is 0 Å². The topological polar surface area (TPSA) is 86.2 Å². The van der Waals surface area contributed by atoms with E-state index in [0.29, 0.717) is 12.0 Å². The second-order valence-corrected chi connectivity index (χ2v) is 5.47. The maximum Gasteiger partial charge on any atom is 0.244 e. The highest BCUT2D eigenvalue weighted by molar-refractivity contribution is 5.91. The van der Waals surface area contributed by atoms with Crippen molar-refractivity contribution in [1.29, 1.82) is 0 Å². The Hall–Kier alpha value is -1.32. The molecule has 0 heterocycles. The highest BCUT2D eigenvalue weighted by atomic mass is 16.1. The Morgan fingerprint density at radius 1 is 0.650 bits per heavy atom. The summed E-state index contributed by atoms with van der Waals surface area (Å²) in [5.41, 5.74) is 10.7. The van der Waals surface area contributed by atoms with Gasteiger partial charge in [-0.2, -0.15) is 0 Å². The first-order chi connectivity index (χ1) is 9.54. The van der Waals surface area contributed by atoms with Crippen LogP contribution in [0.15, 0.2) is 12.2 Å². The number of nitrogens with two attached hydrogens (primary N) is 2. The van der Waals surface area contributed by atoms with Gasteiger partial charge >= 0.3 is 0 Å². The first-order valence-corrected chi connectivity index (χ1v) is 7.80. The molecule has 0 aliphatic rings. The molecule has 4 nitrogen and oxygen atoms in total. The predicted octanol–water partition coefficient (Wildman–Crippen LogP) is 3.19. The van der Waals surface area contributed by atoms with Crippen molar-refractivity contribution in [2.24, 2.45) is 11.5 Å². The minimum Gasteiger partial charge on any atom is -0.370 e. The van der Waals surface area contributed by atoms with E-state index >= 15 is 0 Å². The number of carbonyl (C=O) groups is 2. The fourth-order valence-corrected chi connectivity index (χ4v) is 2.18. The Morgan fingerprint density at radius 2 is 1.00 bits per heavy atom. The summed E-state index contributed by atoms with van der Waals surface area (Å²) in [5, 5.41) is 0. The second kappa shape index (κ2) is 12.7. The van der Waals surface area contributed by atoms with Crippen molar-refractivity contribution in [1.82, 2.24) is 0 Å². The van der Waals surface area contributed by atoms with Crippen LogP contribution in [-0.4, -0.2) is 11.8 Å². The molecule has 0 aromatic heterocycles. The first kappa shape index (κ1) is 18.7. The summed E-state index contributed by atoms with van der Waals surface area (Å²) in [6.45, 7) is 3.64. The van der Waals surface area contributed by atoms with Crippen molar-refractivity contribution in [3.05, 3.63) is 12.2 Å². The lowest BCUT2D eigenvalue weighted by molar-refractivity contribution is -0.118. The SMILES string of the molecule is C=C(CCCCCCCCCCCCC(N)=O)C(N)=O. The standard InChI is InChI=1S/C16H30N2O2/c1-14(16(18)20)12-10-8-6-4-2-3-5-7-9-11-13-15(17)19/h1-13H2,(H2,17,19)(H2,18,20). The van der Waals surface area contributed by atoms with Crippen molar-refractivity contribution in [2.45, 2.75) is 77.0 Å². The third-order valence-electron chi connectivity index (χ3n) is 3.50. The van der Waals surface area contributed by atoms with E-state index in [2.05, 4.69) is 6.58 Å². The maximum absolute atomic E-state index is 10.7. The zero-order valence-electron chi connectivity index (χ0n) is 12.7. The number of hydrogen-bond donors (Lipinski definition) is 2. The third-order valence-corrected chi connectivity index (χ3v) is 3.50. The summed E-state index contributed by atoms with van der Waals surface area (Å²) in [6, 6.07) is 0. The molecule has 0 bridgehead atoms. The molecular formula is C16H30N2O2. The fraction of sp³-hybridized carbons (Fsp3) is 0.750. The van der Waals surface area contributed by atoms with Gasteiger partial charge in [0.1, 0.15) is 0 Å². The molecule has 0 aromatic carbocycles. The normalized spacial score (nSPS) is 10.4. The van der Waals surface area contributed by atoms with Gasteiger partial charge in [-0.1, -0.05) is 57.9 Å². The van der Waals surface area contributed by atoms with Crippen LogP contribution in [-0.2, 0) is 9.59 Å². The Labute approximate surface area is 123 Å². The average Bonchev–Trinajstić information content (AvgIpc) is 2.39. The molecular weight excluding hydrogens is 252 g/mol. The molecule has 0 fully saturated rings. The molecule has 0 aliphatic heterocycles. The smallest absolute Gasteiger partial charge is 0.244 e. The van der Waals surface area contributed by atoms with Gasteiger partial charge in [0, 0.05) is 12.0 Å². The Bertz CT molecular complexity index is 301. The largest absolute Gasteiger partial charge is 0.370 e. The number of carbonyl (C=O) groups excluding carboxylic acids is 2. The van der Waals surface area contributed by atoms with Crippen LogP contribution in [0, 0.1) is 0 Å². The molecule has 0 spiro atoms. The van der Waals surface area contributed by atoms with Gasteiger partial charge in [0.2, 0.25) is 11.8 Å². The van der Waals surface area contributed by atoms with E-state index in [-0.39, 0.29) is 11.8 Å². The second-order valence-electron chi connectivity index (χ2n) is 5.47. The van der Waals surface area contributed by atoms with Crippen molar-refractivity contribution in [3.8, 4) is 0 Å². The van der Waals surface area contributed by atoms with Gasteiger partial charge in [0.05, 0.1) is 0 Å². The fourth-order valence-electron chi connectivity index (χ4n) is 2.18. The van der Waals surface area contributed by atoms with Crippen molar-refractivity contribution < 1.29 is 9.59 Å². The average molecular weight is 282 g/mol.